The van der Waals surface area contributed by atoms with Crippen molar-refractivity contribution < 1.29 is 37.6 Å². The Morgan fingerprint density at radius 2 is 0.693 bits per heavy atom. The fourth-order valence-electron chi connectivity index (χ4n) is 9.67. The van der Waals surface area contributed by atoms with Gasteiger partial charge in [-0.3, -0.25) is 18.6 Å². The van der Waals surface area contributed by atoms with Gasteiger partial charge in [0.2, 0.25) is 0 Å². The van der Waals surface area contributed by atoms with E-state index in [1.807, 2.05) is 0 Å². The van der Waals surface area contributed by atoms with E-state index in [0.29, 0.717) is 6.42 Å². The van der Waals surface area contributed by atoms with E-state index in [9.17, 15) is 19.0 Å². The summed E-state index contributed by atoms with van der Waals surface area (Å²) in [6.07, 6.45) is 75.2. The molecule has 0 aromatic rings. The monoisotopic (exact) mass is 1080 g/mol. The third kappa shape index (κ3) is 61.3. The molecule has 0 aliphatic carbocycles. The third-order valence-electron chi connectivity index (χ3n) is 14.5. The zero-order valence-corrected chi connectivity index (χ0v) is 50.4. The van der Waals surface area contributed by atoms with Gasteiger partial charge in [0.15, 0.2) is 6.10 Å². The lowest BCUT2D eigenvalue weighted by Crippen LogP contribution is -2.29. The largest absolute Gasteiger partial charge is 0.472 e. The number of unbranched alkanes of at least 4 members (excludes halogenated alkanes) is 43. The molecule has 0 aromatic heterocycles. The highest BCUT2D eigenvalue weighted by atomic mass is 31.2. The van der Waals surface area contributed by atoms with Gasteiger partial charge in [-0.2, -0.15) is 0 Å². The highest BCUT2D eigenvalue weighted by Gasteiger charge is 2.26. The van der Waals surface area contributed by atoms with Crippen molar-refractivity contribution >= 4 is 19.8 Å². The molecule has 0 heterocycles. The molecule has 0 saturated heterocycles. The summed E-state index contributed by atoms with van der Waals surface area (Å²) >= 11 is 0. The van der Waals surface area contributed by atoms with Crippen LogP contribution in [0.1, 0.15) is 335 Å². The fourth-order valence-corrected chi connectivity index (χ4v) is 10.4. The normalized spacial score (nSPS) is 13.2. The lowest BCUT2D eigenvalue weighted by atomic mass is 10.0. The summed E-state index contributed by atoms with van der Waals surface area (Å²) in [5, 5.41) is 0. The lowest BCUT2D eigenvalue weighted by molar-refractivity contribution is -0.161. The van der Waals surface area contributed by atoms with E-state index in [-0.39, 0.29) is 38.6 Å². The first-order valence-electron chi connectivity index (χ1n) is 32.5. The Labute approximate surface area is 464 Å². The molecule has 0 aliphatic heterocycles. The summed E-state index contributed by atoms with van der Waals surface area (Å²) in [4.78, 5) is 35.2. The molecular formula is C65H124NO8P. The van der Waals surface area contributed by atoms with Gasteiger partial charge in [-0.05, 0) is 70.6 Å². The third-order valence-corrected chi connectivity index (χ3v) is 15.5. The van der Waals surface area contributed by atoms with Crippen LogP contribution in [0.15, 0.2) is 36.5 Å². The first-order chi connectivity index (χ1) is 36.8. The first kappa shape index (κ1) is 73.2. The summed E-state index contributed by atoms with van der Waals surface area (Å²) < 4.78 is 33.1. The van der Waals surface area contributed by atoms with Crippen molar-refractivity contribution in [2.75, 3.05) is 26.4 Å². The second-order valence-electron chi connectivity index (χ2n) is 22.0. The molecule has 2 atom stereocenters. The summed E-state index contributed by atoms with van der Waals surface area (Å²) in [6.45, 7) is 3.78. The molecule has 3 N–H and O–H groups in total. The highest BCUT2D eigenvalue weighted by molar-refractivity contribution is 7.47. The van der Waals surface area contributed by atoms with Crippen molar-refractivity contribution in [3.05, 3.63) is 36.5 Å². The molecule has 0 spiro atoms. The van der Waals surface area contributed by atoms with E-state index in [2.05, 4.69) is 50.3 Å². The minimum atomic E-state index is -4.39. The maximum absolute atomic E-state index is 12.7. The van der Waals surface area contributed by atoms with Crippen molar-refractivity contribution in [3.8, 4) is 0 Å². The van der Waals surface area contributed by atoms with E-state index in [1.165, 1.54) is 257 Å². The smallest absolute Gasteiger partial charge is 0.462 e. The van der Waals surface area contributed by atoms with Crippen LogP contribution in [0.25, 0.3) is 0 Å². The molecule has 9 nitrogen and oxygen atoms in total. The number of hydrogen-bond donors (Lipinski definition) is 2. The Kier molecular flexibility index (Phi) is 60.0. The molecule has 0 saturated carbocycles. The van der Waals surface area contributed by atoms with Crippen molar-refractivity contribution in [2.45, 2.75) is 341 Å². The van der Waals surface area contributed by atoms with Crippen LogP contribution in [0.2, 0.25) is 0 Å². The molecule has 10 heteroatoms. The summed E-state index contributed by atoms with van der Waals surface area (Å²) in [6, 6.07) is 0. The molecule has 442 valence electrons. The van der Waals surface area contributed by atoms with Gasteiger partial charge in [-0.15, -0.1) is 0 Å². The maximum atomic E-state index is 12.7. The van der Waals surface area contributed by atoms with Gasteiger partial charge in [0.05, 0.1) is 13.2 Å². The van der Waals surface area contributed by atoms with Crippen LogP contribution in [-0.4, -0.2) is 49.3 Å². The van der Waals surface area contributed by atoms with Crippen LogP contribution in [0, 0.1) is 0 Å². The van der Waals surface area contributed by atoms with Crippen LogP contribution in [0.3, 0.4) is 0 Å². The molecule has 0 radical (unpaired) electrons. The average molecular weight is 1080 g/mol. The molecule has 0 aromatic carbocycles. The molecule has 75 heavy (non-hydrogen) atoms. The number of phosphoric acid groups is 1. The van der Waals surface area contributed by atoms with Gasteiger partial charge in [0.1, 0.15) is 6.61 Å². The van der Waals surface area contributed by atoms with Crippen molar-refractivity contribution in [1.82, 2.24) is 0 Å². The van der Waals surface area contributed by atoms with Crippen LogP contribution >= 0.6 is 7.82 Å². The van der Waals surface area contributed by atoms with E-state index < -0.39 is 26.5 Å². The Morgan fingerprint density at radius 1 is 0.400 bits per heavy atom. The summed E-state index contributed by atoms with van der Waals surface area (Å²) in [5.74, 6) is -0.816. The predicted octanol–water partition coefficient (Wildman–Crippen LogP) is 20.7. The average Bonchev–Trinajstić information content (AvgIpc) is 3.40. The lowest BCUT2D eigenvalue weighted by Gasteiger charge is -2.19. The maximum Gasteiger partial charge on any atom is 0.472 e. The second kappa shape index (κ2) is 61.4. The fraction of sp³-hybridized carbons (Fsp3) is 0.877. The zero-order chi connectivity index (χ0) is 54.5. The summed E-state index contributed by atoms with van der Waals surface area (Å²) in [7, 11) is -4.39. The van der Waals surface area contributed by atoms with Gasteiger partial charge >= 0.3 is 19.8 Å². The van der Waals surface area contributed by atoms with Crippen molar-refractivity contribution in [2.24, 2.45) is 5.73 Å². The van der Waals surface area contributed by atoms with Gasteiger partial charge in [0, 0.05) is 19.4 Å². The Morgan fingerprint density at radius 3 is 1.03 bits per heavy atom. The zero-order valence-electron chi connectivity index (χ0n) is 49.6. The van der Waals surface area contributed by atoms with Gasteiger partial charge < -0.3 is 20.1 Å². The quantitative estimate of drug-likeness (QED) is 0.0264. The van der Waals surface area contributed by atoms with Crippen LogP contribution in [0.5, 0.6) is 0 Å². The number of allylic oxidation sites excluding steroid dienone is 6. The number of nitrogens with two attached hydrogens (primary N) is 1. The SMILES string of the molecule is CCCCCCC/C=C\C/C=C\CCCCCCCCCCCCCCCCCCCCCCCCCCCC(=O)OC(COC(=O)CCCCCCCCC/C=C\CCCCCCCC)COP(=O)(O)OCCN. The highest BCUT2D eigenvalue weighted by Crippen LogP contribution is 2.43. The van der Waals surface area contributed by atoms with E-state index in [4.69, 9.17) is 24.3 Å². The van der Waals surface area contributed by atoms with Crippen LogP contribution in [-0.2, 0) is 32.7 Å². The standard InChI is InChI=1S/C65H124NO8P/c1-3-5-7-9-11-13-15-17-19-21-22-23-24-25-26-27-28-29-30-31-32-33-34-35-36-37-38-39-40-42-44-46-48-50-52-54-56-58-65(68)74-63(62-73-75(69,70)72-60-59-66)61-71-64(67)57-55-53-51-49-47-45-43-41-20-18-16-14-12-10-8-6-4-2/h15,17-18,20-22,63H,3-14,16,19,23-62,66H2,1-2H3,(H,69,70)/b17-15-,20-18-,22-21-. The Bertz CT molecular complexity index is 1320. The molecule has 0 fully saturated rings. The number of carbonyl (C=O) groups is 2. The number of ether oxygens (including phenoxy) is 2. The molecule has 0 amide bonds. The topological polar surface area (TPSA) is 134 Å². The first-order valence-corrected chi connectivity index (χ1v) is 34.0. The molecule has 0 aliphatic rings. The Balaban J connectivity index is 3.78. The number of esters is 2. The number of rotatable bonds is 62. The van der Waals surface area contributed by atoms with E-state index in [1.54, 1.807) is 0 Å². The van der Waals surface area contributed by atoms with E-state index >= 15 is 0 Å². The molecular weight excluding hydrogens is 954 g/mol. The van der Waals surface area contributed by atoms with Crippen LogP contribution in [0.4, 0.5) is 0 Å². The molecule has 0 rings (SSSR count). The molecule has 2 unspecified atom stereocenters. The Hall–Kier alpha value is -1.77. The minimum absolute atomic E-state index is 0.0549. The van der Waals surface area contributed by atoms with Gasteiger partial charge in [0.25, 0.3) is 0 Å². The number of phosphoric ester groups is 1. The second-order valence-corrected chi connectivity index (χ2v) is 23.4. The number of hydrogen-bond acceptors (Lipinski definition) is 8. The van der Waals surface area contributed by atoms with Crippen LogP contribution < -0.4 is 5.73 Å². The van der Waals surface area contributed by atoms with Crippen molar-refractivity contribution in [1.29, 1.82) is 0 Å². The van der Waals surface area contributed by atoms with Crippen molar-refractivity contribution in [3.63, 3.8) is 0 Å². The number of carbonyl (C=O) groups excluding carboxylic acids is 2. The summed E-state index contributed by atoms with van der Waals surface area (Å²) in [5.41, 5.74) is 5.39. The van der Waals surface area contributed by atoms with Gasteiger partial charge in [-0.25, -0.2) is 4.57 Å². The van der Waals surface area contributed by atoms with Gasteiger partial charge in [-0.1, -0.05) is 288 Å². The molecule has 0 bridgehead atoms. The predicted molar refractivity (Wildman–Crippen MR) is 321 cm³/mol. The van der Waals surface area contributed by atoms with E-state index in [0.717, 1.165) is 44.9 Å². The minimum Gasteiger partial charge on any atom is -0.462 e.